The van der Waals surface area contributed by atoms with Crippen LogP contribution in [0.4, 0.5) is 0 Å². The van der Waals surface area contributed by atoms with Gasteiger partial charge in [0.2, 0.25) is 0 Å². The lowest BCUT2D eigenvalue weighted by molar-refractivity contribution is -0.122. The van der Waals surface area contributed by atoms with E-state index < -0.39 is 0 Å². The quantitative estimate of drug-likeness (QED) is 0.360. The third-order valence-corrected chi connectivity index (χ3v) is 2.78. The molecule has 0 heterocycles. The highest BCUT2D eigenvalue weighted by Gasteiger charge is 2.11. The summed E-state index contributed by atoms with van der Waals surface area (Å²) in [5.41, 5.74) is 2.78. The smallest absolute Gasteiger partial charge is 0.162 e. The average Bonchev–Trinajstić information content (AvgIpc) is 2.30. The number of ether oxygens (including phenoxy) is 2. The van der Waals surface area contributed by atoms with Gasteiger partial charge in [0.25, 0.3) is 0 Å². The summed E-state index contributed by atoms with van der Waals surface area (Å²) in [6, 6.07) is 0. The molecular weight excluding hydrogens is 224 g/mol. The Balaban J connectivity index is 4.15. The van der Waals surface area contributed by atoms with Crippen molar-refractivity contribution in [3.63, 3.8) is 0 Å². The summed E-state index contributed by atoms with van der Waals surface area (Å²) in [4.78, 5) is 0. The maximum atomic E-state index is 5.21. The van der Waals surface area contributed by atoms with E-state index in [-0.39, 0.29) is 12.2 Å². The fraction of sp³-hybridized carbons (Fsp3) is 0.625. The zero-order valence-corrected chi connectivity index (χ0v) is 12.7. The molecule has 0 bridgehead atoms. The molecule has 0 saturated carbocycles. The van der Waals surface area contributed by atoms with Gasteiger partial charge >= 0.3 is 0 Å². The topological polar surface area (TPSA) is 18.5 Å². The fourth-order valence-corrected chi connectivity index (χ4v) is 1.68. The first-order chi connectivity index (χ1) is 8.51. The normalized spacial score (nSPS) is 14.3. The monoisotopic (exact) mass is 252 g/mol. The minimum absolute atomic E-state index is 0.166. The van der Waals surface area contributed by atoms with E-state index in [1.54, 1.807) is 14.2 Å². The molecule has 104 valence electrons. The minimum Gasteiger partial charge on any atom is -0.355 e. The highest BCUT2D eigenvalue weighted by molar-refractivity contribution is 5.12. The van der Waals surface area contributed by atoms with Crippen molar-refractivity contribution < 1.29 is 9.47 Å². The van der Waals surface area contributed by atoms with Crippen LogP contribution in [0.3, 0.4) is 0 Å². The van der Waals surface area contributed by atoms with Crippen molar-refractivity contribution >= 4 is 0 Å². The maximum Gasteiger partial charge on any atom is 0.162 e. The van der Waals surface area contributed by atoms with Crippen molar-refractivity contribution in [3.8, 4) is 0 Å². The van der Waals surface area contributed by atoms with Crippen LogP contribution in [0.15, 0.2) is 35.5 Å². The molecule has 0 N–H and O–H groups in total. The lowest BCUT2D eigenvalue weighted by Gasteiger charge is -2.17. The number of allylic oxidation sites excluding steroid dienone is 5. The summed E-state index contributed by atoms with van der Waals surface area (Å²) in [6.45, 7) is 8.52. The Kier molecular flexibility index (Phi) is 9.62. The van der Waals surface area contributed by atoms with Gasteiger partial charge in [-0.05, 0) is 33.6 Å². The Morgan fingerprint density at radius 3 is 2.22 bits per heavy atom. The first kappa shape index (κ1) is 17.1. The molecule has 0 aromatic rings. The van der Waals surface area contributed by atoms with E-state index in [9.17, 15) is 0 Å². The minimum atomic E-state index is -0.166. The molecular formula is C16H28O2. The van der Waals surface area contributed by atoms with Crippen LogP contribution in [0, 0.1) is 5.92 Å². The summed E-state index contributed by atoms with van der Waals surface area (Å²) in [5.74, 6) is 0.252. The van der Waals surface area contributed by atoms with Crippen molar-refractivity contribution in [2.45, 2.75) is 46.8 Å². The van der Waals surface area contributed by atoms with Gasteiger partial charge in [-0.2, -0.15) is 0 Å². The Morgan fingerprint density at radius 2 is 1.72 bits per heavy atom. The molecule has 0 aromatic carbocycles. The number of rotatable bonds is 8. The average molecular weight is 252 g/mol. The van der Waals surface area contributed by atoms with Gasteiger partial charge < -0.3 is 9.47 Å². The summed E-state index contributed by atoms with van der Waals surface area (Å²) < 4.78 is 10.4. The standard InChI is InChI=1S/C16H28O2/c1-13(2)9-7-10-14(3)11-8-12-15(4)16(17-5)18-6/h8-9,11-12,15-16H,7,10H2,1-6H3/b12-8+,14-11?. The number of hydrogen-bond acceptors (Lipinski definition) is 2. The lowest BCUT2D eigenvalue weighted by atomic mass is 10.1. The summed E-state index contributed by atoms with van der Waals surface area (Å²) >= 11 is 0. The molecule has 0 rings (SSSR count). The van der Waals surface area contributed by atoms with Crippen molar-refractivity contribution in [3.05, 3.63) is 35.5 Å². The van der Waals surface area contributed by atoms with Gasteiger partial charge in [0.15, 0.2) is 6.29 Å². The SMILES string of the molecule is COC(OC)C(C)/C=C/C=C(C)CCC=C(C)C. The predicted octanol–water partition coefficient (Wildman–Crippen LogP) is 4.49. The van der Waals surface area contributed by atoms with Crippen LogP contribution in [-0.4, -0.2) is 20.5 Å². The van der Waals surface area contributed by atoms with Gasteiger partial charge in [-0.1, -0.05) is 42.4 Å². The zero-order valence-electron chi connectivity index (χ0n) is 12.7. The Bertz CT molecular complexity index is 292. The molecule has 2 nitrogen and oxygen atoms in total. The lowest BCUT2D eigenvalue weighted by Crippen LogP contribution is -2.20. The molecule has 18 heavy (non-hydrogen) atoms. The molecule has 1 atom stereocenters. The summed E-state index contributed by atoms with van der Waals surface area (Å²) in [5, 5.41) is 0. The molecule has 0 spiro atoms. The van der Waals surface area contributed by atoms with Gasteiger partial charge in [-0.25, -0.2) is 0 Å². The molecule has 0 saturated heterocycles. The number of hydrogen-bond donors (Lipinski definition) is 0. The third-order valence-electron chi connectivity index (χ3n) is 2.78. The van der Waals surface area contributed by atoms with E-state index >= 15 is 0 Å². The summed E-state index contributed by atoms with van der Waals surface area (Å²) in [7, 11) is 3.33. The molecule has 0 aliphatic rings. The first-order valence-corrected chi connectivity index (χ1v) is 6.54. The second kappa shape index (κ2) is 10.1. The Labute approximate surface area is 112 Å². The van der Waals surface area contributed by atoms with E-state index in [0.29, 0.717) is 0 Å². The maximum absolute atomic E-state index is 5.21. The molecule has 0 radical (unpaired) electrons. The molecule has 0 aliphatic carbocycles. The van der Waals surface area contributed by atoms with Gasteiger partial charge in [0.05, 0.1) is 0 Å². The second-order valence-electron chi connectivity index (χ2n) is 4.92. The largest absolute Gasteiger partial charge is 0.355 e. The van der Waals surface area contributed by atoms with Crippen LogP contribution in [0.2, 0.25) is 0 Å². The number of methoxy groups -OCH3 is 2. The highest BCUT2D eigenvalue weighted by atomic mass is 16.7. The molecule has 0 amide bonds. The van der Waals surface area contributed by atoms with Crippen LogP contribution < -0.4 is 0 Å². The van der Waals surface area contributed by atoms with E-state index in [2.05, 4.69) is 52.0 Å². The molecule has 0 aromatic heterocycles. The van der Waals surface area contributed by atoms with Crippen LogP contribution in [0.1, 0.15) is 40.5 Å². The van der Waals surface area contributed by atoms with Gasteiger partial charge in [-0.3, -0.25) is 0 Å². The highest BCUT2D eigenvalue weighted by Crippen LogP contribution is 2.11. The van der Waals surface area contributed by atoms with Gasteiger partial charge in [-0.15, -0.1) is 0 Å². The van der Waals surface area contributed by atoms with E-state index in [4.69, 9.17) is 9.47 Å². The van der Waals surface area contributed by atoms with Crippen molar-refractivity contribution in [2.24, 2.45) is 5.92 Å². The second-order valence-corrected chi connectivity index (χ2v) is 4.92. The van der Waals surface area contributed by atoms with Crippen LogP contribution in [-0.2, 0) is 9.47 Å². The Morgan fingerprint density at radius 1 is 1.11 bits per heavy atom. The van der Waals surface area contributed by atoms with Gasteiger partial charge in [0.1, 0.15) is 0 Å². The van der Waals surface area contributed by atoms with Crippen LogP contribution >= 0.6 is 0 Å². The van der Waals surface area contributed by atoms with Crippen molar-refractivity contribution in [1.82, 2.24) is 0 Å². The van der Waals surface area contributed by atoms with Crippen molar-refractivity contribution in [2.75, 3.05) is 14.2 Å². The van der Waals surface area contributed by atoms with E-state index in [1.807, 2.05) is 0 Å². The summed E-state index contributed by atoms with van der Waals surface area (Å²) in [6.07, 6.45) is 10.7. The first-order valence-electron chi connectivity index (χ1n) is 6.54. The van der Waals surface area contributed by atoms with Crippen LogP contribution in [0.25, 0.3) is 0 Å². The van der Waals surface area contributed by atoms with Gasteiger partial charge in [0, 0.05) is 20.1 Å². The van der Waals surface area contributed by atoms with Crippen molar-refractivity contribution in [1.29, 1.82) is 0 Å². The van der Waals surface area contributed by atoms with Crippen LogP contribution in [0.5, 0.6) is 0 Å². The predicted molar refractivity (Wildman–Crippen MR) is 78.5 cm³/mol. The Hall–Kier alpha value is -0.860. The molecule has 1 unspecified atom stereocenters. The van der Waals surface area contributed by atoms with E-state index in [0.717, 1.165) is 12.8 Å². The molecule has 0 aliphatic heterocycles. The third kappa shape index (κ3) is 8.26. The molecule has 2 heteroatoms. The zero-order chi connectivity index (χ0) is 14.0. The molecule has 0 fully saturated rings. The van der Waals surface area contributed by atoms with E-state index in [1.165, 1.54) is 11.1 Å². The fourth-order valence-electron chi connectivity index (χ4n) is 1.68.